The summed E-state index contributed by atoms with van der Waals surface area (Å²) in [6.45, 7) is 2.65. The summed E-state index contributed by atoms with van der Waals surface area (Å²) in [5.74, 6) is 3.53. The summed E-state index contributed by atoms with van der Waals surface area (Å²) in [7, 11) is 0. The third-order valence-electron chi connectivity index (χ3n) is 4.75. The van der Waals surface area contributed by atoms with Crippen LogP contribution in [0.1, 0.15) is 22.4 Å². The van der Waals surface area contributed by atoms with Crippen LogP contribution < -0.4 is 5.73 Å². The second-order valence-corrected chi connectivity index (χ2v) is 6.55. The minimum atomic E-state index is 0.745. The van der Waals surface area contributed by atoms with Crippen molar-refractivity contribution >= 4 is 5.69 Å². The van der Waals surface area contributed by atoms with E-state index in [1.807, 2.05) is 48.7 Å². The molecule has 0 amide bonds. The quantitative estimate of drug-likeness (QED) is 0.587. The number of terminal acetylenes is 1. The van der Waals surface area contributed by atoms with Gasteiger partial charge < -0.3 is 5.73 Å². The van der Waals surface area contributed by atoms with E-state index >= 15 is 0 Å². The normalized spacial score (nSPS) is 13.8. The number of anilines is 1. The molecule has 2 N–H and O–H groups in total. The van der Waals surface area contributed by atoms with Crippen molar-refractivity contribution in [1.29, 1.82) is 0 Å². The molecule has 0 bridgehead atoms. The minimum absolute atomic E-state index is 0.745. The van der Waals surface area contributed by atoms with Gasteiger partial charge in [0.1, 0.15) is 0 Å². The zero-order valence-electron chi connectivity index (χ0n) is 14.5. The van der Waals surface area contributed by atoms with E-state index < -0.39 is 0 Å². The SMILES string of the molecule is C#Cc1ccccc1CN1CCc2nc(-c3ccc(N)cc3)ncc2C1. The molecule has 1 aliphatic rings. The average molecular weight is 340 g/mol. The molecule has 4 rings (SSSR count). The third-order valence-corrected chi connectivity index (χ3v) is 4.75. The molecule has 0 saturated heterocycles. The van der Waals surface area contributed by atoms with Crippen LogP contribution >= 0.6 is 0 Å². The molecule has 0 fully saturated rings. The lowest BCUT2D eigenvalue weighted by molar-refractivity contribution is 0.243. The van der Waals surface area contributed by atoms with Crippen LogP contribution in [-0.2, 0) is 19.5 Å². The molecule has 128 valence electrons. The van der Waals surface area contributed by atoms with Gasteiger partial charge in [-0.3, -0.25) is 4.90 Å². The molecule has 4 nitrogen and oxygen atoms in total. The Kier molecular flexibility index (Phi) is 4.39. The van der Waals surface area contributed by atoms with Crippen LogP contribution in [0.25, 0.3) is 11.4 Å². The van der Waals surface area contributed by atoms with E-state index in [1.165, 1.54) is 11.1 Å². The van der Waals surface area contributed by atoms with Crippen LogP contribution in [0.3, 0.4) is 0 Å². The molecule has 0 aliphatic carbocycles. The highest BCUT2D eigenvalue weighted by Crippen LogP contribution is 2.23. The minimum Gasteiger partial charge on any atom is -0.399 e. The molecule has 3 aromatic rings. The average Bonchev–Trinajstić information content (AvgIpc) is 2.68. The molecular weight excluding hydrogens is 320 g/mol. The Bertz CT molecular complexity index is 970. The van der Waals surface area contributed by atoms with Gasteiger partial charge in [-0.2, -0.15) is 0 Å². The molecule has 0 radical (unpaired) electrons. The van der Waals surface area contributed by atoms with E-state index in [1.54, 1.807) is 0 Å². The highest BCUT2D eigenvalue weighted by Gasteiger charge is 2.19. The molecule has 0 unspecified atom stereocenters. The lowest BCUT2D eigenvalue weighted by Crippen LogP contribution is -2.31. The molecule has 1 aromatic heterocycles. The van der Waals surface area contributed by atoms with E-state index in [9.17, 15) is 0 Å². The Morgan fingerprint density at radius 1 is 1.12 bits per heavy atom. The maximum Gasteiger partial charge on any atom is 0.159 e. The van der Waals surface area contributed by atoms with E-state index in [2.05, 4.69) is 21.9 Å². The smallest absolute Gasteiger partial charge is 0.159 e. The number of rotatable bonds is 3. The monoisotopic (exact) mass is 340 g/mol. The maximum absolute atomic E-state index is 5.76. The van der Waals surface area contributed by atoms with E-state index in [4.69, 9.17) is 17.1 Å². The number of aromatic nitrogens is 2. The van der Waals surface area contributed by atoms with E-state index in [-0.39, 0.29) is 0 Å². The van der Waals surface area contributed by atoms with Crippen LogP contribution in [-0.4, -0.2) is 21.4 Å². The van der Waals surface area contributed by atoms with Crippen molar-refractivity contribution in [3.63, 3.8) is 0 Å². The van der Waals surface area contributed by atoms with Gasteiger partial charge in [-0.15, -0.1) is 6.42 Å². The van der Waals surface area contributed by atoms with Crippen LogP contribution in [0.5, 0.6) is 0 Å². The predicted octanol–water partition coefficient (Wildman–Crippen LogP) is 3.27. The van der Waals surface area contributed by atoms with Crippen molar-refractivity contribution in [3.8, 4) is 23.7 Å². The van der Waals surface area contributed by atoms with Crippen LogP contribution in [0, 0.1) is 12.3 Å². The van der Waals surface area contributed by atoms with Gasteiger partial charge in [0.15, 0.2) is 5.82 Å². The number of nitrogens with two attached hydrogens (primary N) is 1. The van der Waals surface area contributed by atoms with Crippen molar-refractivity contribution in [2.75, 3.05) is 12.3 Å². The van der Waals surface area contributed by atoms with Crippen molar-refractivity contribution in [2.24, 2.45) is 0 Å². The molecular formula is C22H20N4. The Hall–Kier alpha value is -3.16. The molecule has 2 heterocycles. The summed E-state index contributed by atoms with van der Waals surface area (Å²) in [5.41, 5.74) is 12.0. The zero-order valence-corrected chi connectivity index (χ0v) is 14.5. The molecule has 1 aliphatic heterocycles. The first-order valence-electron chi connectivity index (χ1n) is 8.70. The largest absolute Gasteiger partial charge is 0.399 e. The highest BCUT2D eigenvalue weighted by molar-refractivity contribution is 5.58. The first-order chi connectivity index (χ1) is 12.7. The van der Waals surface area contributed by atoms with Crippen molar-refractivity contribution < 1.29 is 0 Å². The van der Waals surface area contributed by atoms with Crippen molar-refractivity contribution in [2.45, 2.75) is 19.5 Å². The number of nitrogen functional groups attached to an aromatic ring is 1. The van der Waals surface area contributed by atoms with E-state index in [0.29, 0.717) is 0 Å². The molecule has 4 heteroatoms. The fraction of sp³-hybridized carbons (Fsp3) is 0.182. The van der Waals surface area contributed by atoms with Gasteiger partial charge in [-0.05, 0) is 35.9 Å². The van der Waals surface area contributed by atoms with Gasteiger partial charge >= 0.3 is 0 Å². The van der Waals surface area contributed by atoms with Crippen LogP contribution in [0.4, 0.5) is 5.69 Å². The Morgan fingerprint density at radius 3 is 2.73 bits per heavy atom. The Morgan fingerprint density at radius 2 is 1.92 bits per heavy atom. The Balaban J connectivity index is 1.53. The topological polar surface area (TPSA) is 55.0 Å². The fourth-order valence-corrected chi connectivity index (χ4v) is 3.32. The fourth-order valence-electron chi connectivity index (χ4n) is 3.32. The predicted molar refractivity (Wildman–Crippen MR) is 104 cm³/mol. The van der Waals surface area contributed by atoms with Gasteiger partial charge in [0, 0.05) is 54.6 Å². The summed E-state index contributed by atoms with van der Waals surface area (Å²) >= 11 is 0. The van der Waals surface area contributed by atoms with E-state index in [0.717, 1.165) is 54.4 Å². The number of fused-ring (bicyclic) bond motifs is 1. The summed E-state index contributed by atoms with van der Waals surface area (Å²) in [4.78, 5) is 11.7. The number of hydrogen-bond acceptors (Lipinski definition) is 4. The van der Waals surface area contributed by atoms with Gasteiger partial charge in [0.05, 0.1) is 5.69 Å². The lowest BCUT2D eigenvalue weighted by Gasteiger charge is -2.28. The zero-order chi connectivity index (χ0) is 17.9. The van der Waals surface area contributed by atoms with Gasteiger partial charge in [0.25, 0.3) is 0 Å². The summed E-state index contributed by atoms with van der Waals surface area (Å²) in [5, 5.41) is 0. The summed E-state index contributed by atoms with van der Waals surface area (Å²) < 4.78 is 0. The Labute approximate surface area is 153 Å². The lowest BCUT2D eigenvalue weighted by atomic mass is 10.0. The van der Waals surface area contributed by atoms with Crippen molar-refractivity contribution in [1.82, 2.24) is 14.9 Å². The standard InChI is InChI=1S/C22H20N4/c1-2-16-5-3-4-6-18(16)14-26-12-11-21-19(15-26)13-24-22(25-21)17-7-9-20(23)10-8-17/h1,3-10,13H,11-12,14-15,23H2. The number of hydrogen-bond donors (Lipinski definition) is 1. The van der Waals surface area contributed by atoms with Crippen molar-refractivity contribution in [3.05, 3.63) is 77.1 Å². The summed E-state index contributed by atoms with van der Waals surface area (Å²) in [6, 6.07) is 15.8. The van der Waals surface area contributed by atoms with Crippen LogP contribution in [0.15, 0.2) is 54.7 Å². The first kappa shape index (κ1) is 16.3. The highest BCUT2D eigenvalue weighted by atomic mass is 15.1. The molecule has 26 heavy (non-hydrogen) atoms. The summed E-state index contributed by atoms with van der Waals surface area (Å²) in [6.07, 6.45) is 8.48. The number of nitrogens with zero attached hydrogens (tertiary/aromatic N) is 3. The van der Waals surface area contributed by atoms with Gasteiger partial charge in [0.2, 0.25) is 0 Å². The number of benzene rings is 2. The van der Waals surface area contributed by atoms with Gasteiger partial charge in [-0.25, -0.2) is 9.97 Å². The maximum atomic E-state index is 5.76. The first-order valence-corrected chi connectivity index (χ1v) is 8.70. The van der Waals surface area contributed by atoms with Gasteiger partial charge in [-0.1, -0.05) is 24.1 Å². The molecule has 2 aromatic carbocycles. The molecule has 0 spiro atoms. The molecule has 0 atom stereocenters. The third kappa shape index (κ3) is 3.30. The molecule has 0 saturated carbocycles. The van der Waals surface area contributed by atoms with Crippen LogP contribution in [0.2, 0.25) is 0 Å². The second kappa shape index (κ2) is 6.99. The second-order valence-electron chi connectivity index (χ2n) is 6.55.